The third-order valence-corrected chi connectivity index (χ3v) is 3.24. The van der Waals surface area contributed by atoms with Crippen molar-refractivity contribution in [3.05, 3.63) is 18.7 Å². The average molecular weight is 258 g/mol. The van der Waals surface area contributed by atoms with Gasteiger partial charge in [0.1, 0.15) is 18.8 Å². The quantitative estimate of drug-likeness (QED) is 0.824. The summed E-state index contributed by atoms with van der Waals surface area (Å²) in [6.45, 7) is 7.96. The van der Waals surface area contributed by atoms with E-state index in [1.807, 2.05) is 19.9 Å². The van der Waals surface area contributed by atoms with Crippen molar-refractivity contribution in [1.29, 1.82) is 0 Å². The Morgan fingerprint density at radius 2 is 2.18 bits per heavy atom. The van der Waals surface area contributed by atoms with Crippen LogP contribution in [0.4, 0.5) is 0 Å². The Morgan fingerprint density at radius 1 is 1.53 bits per heavy atom. The molecule has 0 fully saturated rings. The lowest BCUT2D eigenvalue weighted by molar-refractivity contribution is 0.110. The van der Waals surface area contributed by atoms with Crippen LogP contribution in [0.25, 0.3) is 5.70 Å². The Bertz CT molecular complexity index is 371. The van der Waals surface area contributed by atoms with Crippen LogP contribution in [0.3, 0.4) is 0 Å². The van der Waals surface area contributed by atoms with E-state index in [1.54, 1.807) is 11.0 Å². The first kappa shape index (κ1) is 14.2. The van der Waals surface area contributed by atoms with Gasteiger partial charge in [-0.15, -0.1) is 11.6 Å². The van der Waals surface area contributed by atoms with E-state index in [4.69, 9.17) is 11.6 Å². The first-order chi connectivity index (χ1) is 7.88. The highest BCUT2D eigenvalue weighted by atomic mass is 35.5. The van der Waals surface area contributed by atoms with Crippen LogP contribution in [-0.4, -0.2) is 31.9 Å². The molecule has 1 rings (SSSR count). The largest absolute Gasteiger partial charge is 0.386 e. The molecule has 0 aliphatic carbocycles. The number of aliphatic hydroxyl groups is 1. The molecule has 0 bridgehead atoms. The SMILES string of the molecule is CC(C)/C=C(/C(O)C(C)(C)CCl)n1cncn1. The number of hydrogen-bond acceptors (Lipinski definition) is 3. The van der Waals surface area contributed by atoms with Gasteiger partial charge in [0.25, 0.3) is 0 Å². The number of nitrogens with zero attached hydrogens (tertiary/aromatic N) is 3. The number of hydrogen-bond donors (Lipinski definition) is 1. The van der Waals surface area contributed by atoms with Gasteiger partial charge in [0, 0.05) is 11.3 Å². The molecule has 0 aromatic carbocycles. The first-order valence-electron chi connectivity index (χ1n) is 5.69. The minimum Gasteiger partial charge on any atom is -0.386 e. The molecule has 96 valence electrons. The van der Waals surface area contributed by atoms with Crippen molar-refractivity contribution < 1.29 is 5.11 Å². The van der Waals surface area contributed by atoms with Crippen molar-refractivity contribution in [2.45, 2.75) is 33.8 Å². The van der Waals surface area contributed by atoms with E-state index in [1.165, 1.54) is 6.33 Å². The Kier molecular flexibility index (Phi) is 4.71. The van der Waals surface area contributed by atoms with E-state index in [0.717, 1.165) is 5.70 Å². The maximum Gasteiger partial charge on any atom is 0.138 e. The minimum atomic E-state index is -0.677. The monoisotopic (exact) mass is 257 g/mol. The van der Waals surface area contributed by atoms with Gasteiger partial charge >= 0.3 is 0 Å². The zero-order valence-electron chi connectivity index (χ0n) is 10.8. The Hall–Kier alpha value is -0.870. The lowest BCUT2D eigenvalue weighted by Crippen LogP contribution is -2.34. The second-order valence-corrected chi connectivity index (χ2v) is 5.47. The first-order valence-corrected chi connectivity index (χ1v) is 6.22. The summed E-state index contributed by atoms with van der Waals surface area (Å²) in [6, 6.07) is 0. The van der Waals surface area contributed by atoms with Gasteiger partial charge in [0.2, 0.25) is 0 Å². The zero-order chi connectivity index (χ0) is 13.1. The summed E-state index contributed by atoms with van der Waals surface area (Å²) >= 11 is 5.90. The van der Waals surface area contributed by atoms with Crippen molar-refractivity contribution in [3.8, 4) is 0 Å². The highest BCUT2D eigenvalue weighted by Gasteiger charge is 2.31. The summed E-state index contributed by atoms with van der Waals surface area (Å²) in [5.41, 5.74) is 0.317. The van der Waals surface area contributed by atoms with E-state index in [2.05, 4.69) is 23.9 Å². The van der Waals surface area contributed by atoms with Crippen LogP contribution in [0.15, 0.2) is 18.7 Å². The summed E-state index contributed by atoms with van der Waals surface area (Å²) in [5, 5.41) is 14.5. The average Bonchev–Trinajstić information content (AvgIpc) is 2.77. The summed E-state index contributed by atoms with van der Waals surface area (Å²) in [7, 11) is 0. The topological polar surface area (TPSA) is 50.9 Å². The molecule has 1 atom stereocenters. The van der Waals surface area contributed by atoms with Crippen LogP contribution in [0, 0.1) is 11.3 Å². The molecule has 0 saturated heterocycles. The third-order valence-electron chi connectivity index (χ3n) is 2.55. The fourth-order valence-corrected chi connectivity index (χ4v) is 1.60. The van der Waals surface area contributed by atoms with Crippen LogP contribution in [-0.2, 0) is 0 Å². The molecule has 0 saturated carbocycles. The molecule has 0 amide bonds. The van der Waals surface area contributed by atoms with E-state index < -0.39 is 11.5 Å². The van der Waals surface area contributed by atoms with E-state index in [9.17, 15) is 5.11 Å². The summed E-state index contributed by atoms with van der Waals surface area (Å²) < 4.78 is 1.60. The second kappa shape index (κ2) is 5.65. The van der Waals surface area contributed by atoms with Crippen LogP contribution in [0.5, 0.6) is 0 Å². The van der Waals surface area contributed by atoms with Crippen LogP contribution < -0.4 is 0 Å². The van der Waals surface area contributed by atoms with E-state index in [-0.39, 0.29) is 0 Å². The van der Waals surface area contributed by atoms with Gasteiger partial charge in [-0.2, -0.15) is 5.10 Å². The van der Waals surface area contributed by atoms with Crippen LogP contribution in [0.1, 0.15) is 27.7 Å². The van der Waals surface area contributed by atoms with Gasteiger partial charge in [-0.25, -0.2) is 9.67 Å². The van der Waals surface area contributed by atoms with E-state index >= 15 is 0 Å². The van der Waals surface area contributed by atoms with Crippen molar-refractivity contribution in [2.75, 3.05) is 5.88 Å². The number of alkyl halides is 1. The standard InChI is InChI=1S/C12H20ClN3O/c1-9(2)5-10(16-8-14-7-15-16)11(17)12(3,4)6-13/h5,7-9,11,17H,6H2,1-4H3/b10-5-. The maximum absolute atomic E-state index is 10.4. The van der Waals surface area contributed by atoms with Gasteiger partial charge in [0.15, 0.2) is 0 Å². The molecule has 0 aliphatic rings. The molecular weight excluding hydrogens is 238 g/mol. The molecule has 5 heteroatoms. The molecular formula is C12H20ClN3O. The molecule has 1 aromatic heterocycles. The van der Waals surface area contributed by atoms with Crippen LogP contribution in [0.2, 0.25) is 0 Å². The van der Waals surface area contributed by atoms with Gasteiger partial charge < -0.3 is 5.11 Å². The molecule has 0 radical (unpaired) electrons. The summed E-state index contributed by atoms with van der Waals surface area (Å²) in [6.07, 6.45) is 4.34. The summed E-state index contributed by atoms with van der Waals surface area (Å²) in [5.74, 6) is 0.688. The smallest absolute Gasteiger partial charge is 0.138 e. The number of allylic oxidation sites excluding steroid dienone is 1. The predicted octanol–water partition coefficient (Wildman–Crippen LogP) is 2.40. The van der Waals surface area contributed by atoms with Gasteiger partial charge in [-0.3, -0.25) is 0 Å². The zero-order valence-corrected chi connectivity index (χ0v) is 11.5. The van der Waals surface area contributed by atoms with Crippen molar-refractivity contribution in [3.63, 3.8) is 0 Å². The van der Waals surface area contributed by atoms with Crippen molar-refractivity contribution in [1.82, 2.24) is 14.8 Å². The molecule has 1 heterocycles. The normalized spacial score (nSPS) is 15.4. The lowest BCUT2D eigenvalue weighted by atomic mass is 9.86. The summed E-state index contributed by atoms with van der Waals surface area (Å²) in [4.78, 5) is 3.91. The Labute approximate surface area is 107 Å². The van der Waals surface area contributed by atoms with Crippen LogP contribution >= 0.6 is 11.6 Å². The molecule has 1 aromatic rings. The molecule has 1 N–H and O–H groups in total. The van der Waals surface area contributed by atoms with Gasteiger partial charge in [-0.1, -0.05) is 33.8 Å². The number of aromatic nitrogens is 3. The van der Waals surface area contributed by atoms with Crippen molar-refractivity contribution in [2.24, 2.45) is 11.3 Å². The maximum atomic E-state index is 10.4. The highest BCUT2D eigenvalue weighted by molar-refractivity contribution is 6.18. The fraction of sp³-hybridized carbons (Fsp3) is 0.667. The van der Waals surface area contributed by atoms with Gasteiger partial charge in [-0.05, 0) is 5.92 Å². The molecule has 1 unspecified atom stereocenters. The number of aliphatic hydroxyl groups excluding tert-OH is 1. The molecule has 4 nitrogen and oxygen atoms in total. The highest BCUT2D eigenvalue weighted by Crippen LogP contribution is 2.29. The van der Waals surface area contributed by atoms with E-state index in [0.29, 0.717) is 11.8 Å². The third kappa shape index (κ3) is 3.54. The molecule has 0 spiro atoms. The van der Waals surface area contributed by atoms with Crippen molar-refractivity contribution >= 4 is 17.3 Å². The Morgan fingerprint density at radius 3 is 2.59 bits per heavy atom. The molecule has 17 heavy (non-hydrogen) atoms. The lowest BCUT2D eigenvalue weighted by Gasteiger charge is -2.30. The Balaban J connectivity index is 3.09. The minimum absolute atomic E-state index is 0.315. The van der Waals surface area contributed by atoms with Gasteiger partial charge in [0.05, 0.1) is 5.70 Å². The second-order valence-electron chi connectivity index (χ2n) is 5.20. The predicted molar refractivity (Wildman–Crippen MR) is 69.6 cm³/mol. The fourth-order valence-electron chi connectivity index (χ4n) is 1.45. The number of rotatable bonds is 5. The molecule has 0 aliphatic heterocycles. The number of halogens is 1.